The Bertz CT molecular complexity index is 1190. The van der Waals surface area contributed by atoms with Crippen molar-refractivity contribution in [1.82, 2.24) is 25.0 Å². The minimum absolute atomic E-state index is 0. The summed E-state index contributed by atoms with van der Waals surface area (Å²) in [4.78, 5) is 32.2. The van der Waals surface area contributed by atoms with Crippen LogP contribution in [0, 0.1) is 0 Å². The standard InChI is InChI=1S/C17H14N6O2.CH5O4P.Na/c1-23-10-13(16(22-23)12-4-2-3-7-18-12)21-17(24)15-6-5-14(25-15)11-8-19-20-9-11;1-5-6(2,3)4;/h2-10H,1H3,(H2,19,20,21,24);1H3,(H2,2,3,4);/q;;+1/p-1. The second kappa shape index (κ2) is 11.3. The topological polar surface area (TPSA) is 167 Å². The van der Waals surface area contributed by atoms with Crippen molar-refractivity contribution in [3.05, 3.63) is 60.9 Å². The van der Waals surface area contributed by atoms with Crippen LogP contribution in [0.1, 0.15) is 10.6 Å². The normalized spacial score (nSPS) is 10.6. The largest absolute Gasteiger partial charge is 1.00 e. The van der Waals surface area contributed by atoms with Gasteiger partial charge >= 0.3 is 37.4 Å². The van der Waals surface area contributed by atoms with Crippen molar-refractivity contribution in [3.63, 3.8) is 0 Å². The summed E-state index contributed by atoms with van der Waals surface area (Å²) in [5.74, 6) is 0.349. The third kappa shape index (κ3) is 6.97. The summed E-state index contributed by atoms with van der Waals surface area (Å²) < 4.78 is 20.3. The van der Waals surface area contributed by atoms with Crippen LogP contribution in [0.2, 0.25) is 0 Å². The number of hydrogen-bond donors (Lipinski definition) is 3. The molecule has 4 aromatic rings. The summed E-state index contributed by atoms with van der Waals surface area (Å²) in [6, 6.07) is 8.83. The number of aryl methyl sites for hydroxylation is 1. The average molecular weight is 468 g/mol. The first kappa shape index (κ1) is 25.7. The molecule has 0 unspecified atom stereocenters. The monoisotopic (exact) mass is 468 g/mol. The zero-order valence-corrected chi connectivity index (χ0v) is 20.3. The Morgan fingerprint density at radius 1 is 1.28 bits per heavy atom. The van der Waals surface area contributed by atoms with Gasteiger partial charge in [-0.25, -0.2) is 4.57 Å². The molecule has 1 amide bonds. The molecule has 4 aromatic heterocycles. The zero-order chi connectivity index (χ0) is 22.4. The Morgan fingerprint density at radius 2 is 2.03 bits per heavy atom. The van der Waals surface area contributed by atoms with E-state index in [0.717, 1.165) is 12.7 Å². The minimum atomic E-state index is -4.15. The summed E-state index contributed by atoms with van der Waals surface area (Å²) in [5, 5.41) is 14.7. The molecule has 0 spiro atoms. The molecule has 12 nitrogen and oxygen atoms in total. The van der Waals surface area contributed by atoms with Crippen molar-refractivity contribution >= 4 is 19.4 Å². The third-order valence-corrected chi connectivity index (χ3v) is 4.27. The zero-order valence-electron chi connectivity index (χ0n) is 17.4. The van der Waals surface area contributed by atoms with Crippen LogP contribution in [-0.4, -0.2) is 42.7 Å². The number of phosphoric acid groups is 1. The Morgan fingerprint density at radius 3 is 2.62 bits per heavy atom. The van der Waals surface area contributed by atoms with E-state index in [1.807, 2.05) is 18.2 Å². The number of furan rings is 1. The summed E-state index contributed by atoms with van der Waals surface area (Å²) in [5.41, 5.74) is 2.54. The fourth-order valence-corrected chi connectivity index (χ4v) is 2.42. The molecule has 14 heteroatoms. The van der Waals surface area contributed by atoms with Gasteiger partial charge in [0.2, 0.25) is 0 Å². The van der Waals surface area contributed by atoms with Gasteiger partial charge in [0.05, 0.1) is 11.4 Å². The van der Waals surface area contributed by atoms with Gasteiger partial charge in [-0.05, 0) is 24.3 Å². The van der Waals surface area contributed by atoms with Gasteiger partial charge in [0, 0.05) is 38.3 Å². The fourth-order valence-electron chi connectivity index (χ4n) is 2.42. The van der Waals surface area contributed by atoms with Gasteiger partial charge in [-0.15, -0.1) is 6.20 Å². The van der Waals surface area contributed by atoms with Crippen molar-refractivity contribution in [2.45, 2.75) is 0 Å². The molecule has 0 aliphatic rings. The summed E-state index contributed by atoms with van der Waals surface area (Å²) in [6.07, 6.45) is 6.54. The van der Waals surface area contributed by atoms with E-state index in [-0.39, 0.29) is 41.2 Å². The maximum absolute atomic E-state index is 12.5. The van der Waals surface area contributed by atoms with Crippen molar-refractivity contribution < 1.29 is 57.6 Å². The van der Waals surface area contributed by atoms with Crippen LogP contribution in [0.5, 0.6) is 0 Å². The third-order valence-electron chi connectivity index (χ3n) is 3.80. The molecule has 0 radical (unpaired) electrons. The average Bonchev–Trinajstić information content (AvgIpc) is 3.49. The number of aromatic nitrogens is 5. The minimum Gasteiger partial charge on any atom is -0.581 e. The van der Waals surface area contributed by atoms with Crippen LogP contribution >= 0.6 is 7.82 Å². The molecule has 0 fully saturated rings. The quantitative estimate of drug-likeness (QED) is 0.246. The molecule has 0 atom stereocenters. The van der Waals surface area contributed by atoms with Gasteiger partial charge in [0.1, 0.15) is 11.5 Å². The number of nitrogens with one attached hydrogen (secondary N) is 1. The number of rotatable bonds is 5. The number of hydrogen-bond acceptors (Lipinski definition) is 7. The SMILES string of the molecule is COP(=O)(O)O.Cn1cc(NC(=O)c2ccc(-c3cn[n-]c3)o2)c(-c2ccccn2)n1.[Na+]. The maximum Gasteiger partial charge on any atom is 1.00 e. The molecular formula is C18H18N6NaO6P. The van der Waals surface area contributed by atoms with Crippen LogP contribution in [0.25, 0.3) is 22.7 Å². The van der Waals surface area contributed by atoms with Crippen molar-refractivity contribution in [2.75, 3.05) is 12.4 Å². The molecule has 0 aromatic carbocycles. The van der Waals surface area contributed by atoms with E-state index in [0.29, 0.717) is 22.8 Å². The van der Waals surface area contributed by atoms with E-state index >= 15 is 0 Å². The number of nitrogens with zero attached hydrogens (tertiary/aromatic N) is 5. The van der Waals surface area contributed by atoms with Crippen LogP contribution in [-0.2, 0) is 16.1 Å². The summed E-state index contributed by atoms with van der Waals surface area (Å²) in [7, 11) is -1.42. The van der Waals surface area contributed by atoms with E-state index in [2.05, 4.69) is 30.1 Å². The van der Waals surface area contributed by atoms with Crippen LogP contribution in [0.15, 0.2) is 59.5 Å². The number of anilines is 1. The second-order valence-corrected chi connectivity index (χ2v) is 7.36. The Kier molecular flexibility index (Phi) is 9.10. The van der Waals surface area contributed by atoms with E-state index in [1.54, 1.807) is 48.6 Å². The number of phosphoric ester groups is 1. The molecule has 0 bridgehead atoms. The van der Waals surface area contributed by atoms with Crippen molar-refractivity contribution in [3.8, 4) is 22.7 Å². The predicted molar refractivity (Wildman–Crippen MR) is 109 cm³/mol. The first-order valence-electron chi connectivity index (χ1n) is 8.68. The molecule has 4 rings (SSSR count). The Hall–Kier alpha value is -2.57. The van der Waals surface area contributed by atoms with E-state index in [4.69, 9.17) is 14.2 Å². The first-order valence-corrected chi connectivity index (χ1v) is 10.2. The van der Waals surface area contributed by atoms with Crippen molar-refractivity contribution in [1.29, 1.82) is 0 Å². The predicted octanol–water partition coefficient (Wildman–Crippen LogP) is -0.924. The van der Waals surface area contributed by atoms with Gasteiger partial charge < -0.3 is 29.7 Å². The van der Waals surface area contributed by atoms with E-state index in [9.17, 15) is 9.36 Å². The molecule has 0 saturated carbocycles. The summed E-state index contributed by atoms with van der Waals surface area (Å²) in [6.45, 7) is 0. The molecule has 0 aliphatic heterocycles. The van der Waals surface area contributed by atoms with E-state index in [1.165, 1.54) is 0 Å². The number of pyridine rings is 1. The molecule has 3 N–H and O–H groups in total. The summed E-state index contributed by atoms with van der Waals surface area (Å²) >= 11 is 0. The molecule has 4 heterocycles. The molecule has 32 heavy (non-hydrogen) atoms. The van der Waals surface area contributed by atoms with Gasteiger partial charge in [0.25, 0.3) is 5.91 Å². The van der Waals surface area contributed by atoms with Crippen LogP contribution in [0.3, 0.4) is 0 Å². The van der Waals surface area contributed by atoms with Gasteiger partial charge in [-0.3, -0.25) is 19.0 Å². The van der Waals surface area contributed by atoms with Crippen LogP contribution in [0.4, 0.5) is 5.69 Å². The van der Waals surface area contributed by atoms with Gasteiger partial charge in [-0.2, -0.15) is 5.10 Å². The second-order valence-electron chi connectivity index (χ2n) is 6.02. The maximum atomic E-state index is 12.5. The molecule has 0 saturated heterocycles. The van der Waals surface area contributed by atoms with Gasteiger partial charge in [0.15, 0.2) is 5.76 Å². The van der Waals surface area contributed by atoms with Crippen LogP contribution < -0.4 is 40.0 Å². The van der Waals surface area contributed by atoms with Gasteiger partial charge in [-0.1, -0.05) is 6.07 Å². The number of carbonyl (C=O) groups is 1. The molecule has 0 aliphatic carbocycles. The number of carbonyl (C=O) groups excluding carboxylic acids is 1. The fraction of sp³-hybridized carbons (Fsp3) is 0.111. The Balaban J connectivity index is 0.000000461. The van der Waals surface area contributed by atoms with Crippen molar-refractivity contribution in [2.24, 2.45) is 7.05 Å². The molecule has 162 valence electrons. The molecular weight excluding hydrogens is 450 g/mol. The van der Waals surface area contributed by atoms with E-state index < -0.39 is 7.82 Å². The smallest absolute Gasteiger partial charge is 0.581 e. The first-order chi connectivity index (χ1) is 14.8. The number of amides is 1. The Labute approximate surface area is 204 Å².